The summed E-state index contributed by atoms with van der Waals surface area (Å²) >= 11 is 1.01. The fraction of sp³-hybridized carbons (Fsp3) is 0.562. The van der Waals surface area contributed by atoms with Crippen molar-refractivity contribution in [2.24, 2.45) is 4.76 Å². The van der Waals surface area contributed by atoms with Crippen molar-refractivity contribution in [3.8, 4) is 0 Å². The third-order valence-corrected chi connectivity index (χ3v) is 6.56. The number of nitrogens with zero attached hydrogens (tertiary/aromatic N) is 3. The van der Waals surface area contributed by atoms with E-state index in [4.69, 9.17) is 0 Å². The van der Waals surface area contributed by atoms with E-state index in [1.165, 1.54) is 0 Å². The third kappa shape index (κ3) is 6.75. The fourth-order valence-corrected chi connectivity index (χ4v) is 4.58. The second-order valence-corrected chi connectivity index (χ2v) is 9.54. The zero-order valence-corrected chi connectivity index (χ0v) is 16.9. The zero-order chi connectivity index (χ0) is 18.2. The summed E-state index contributed by atoms with van der Waals surface area (Å²) in [4.78, 5) is 14.1. The van der Waals surface area contributed by atoms with Crippen molar-refractivity contribution in [1.29, 1.82) is 0 Å². The van der Waals surface area contributed by atoms with Gasteiger partial charge in [0.15, 0.2) is 0 Å². The van der Waals surface area contributed by atoms with Crippen LogP contribution in [0.15, 0.2) is 29.0 Å². The molecule has 1 unspecified atom stereocenters. The van der Waals surface area contributed by atoms with Crippen LogP contribution in [-0.2, 0) is 4.57 Å². The molecule has 24 heavy (non-hydrogen) atoms. The van der Waals surface area contributed by atoms with Crippen LogP contribution >= 0.6 is 18.1 Å². The van der Waals surface area contributed by atoms with Gasteiger partial charge in [0.1, 0.15) is 0 Å². The molecule has 0 spiro atoms. The average molecular weight is 372 g/mol. The van der Waals surface area contributed by atoms with Crippen LogP contribution < -0.4 is 10.2 Å². The van der Waals surface area contributed by atoms with Crippen LogP contribution in [-0.4, -0.2) is 48.7 Å². The molecule has 0 fully saturated rings. The van der Waals surface area contributed by atoms with E-state index < -0.39 is 6.72 Å². The molecule has 6 nitrogen and oxygen atoms in total. The highest BCUT2D eigenvalue weighted by Crippen LogP contribution is 2.56. The van der Waals surface area contributed by atoms with Crippen LogP contribution in [0.2, 0.25) is 0 Å². The molecule has 0 aliphatic rings. The lowest BCUT2D eigenvalue weighted by atomic mass is 10.2. The SMILES string of the molecule is CCCSP(=O)(O)/N=C(/Nc1ccc(N(C)C)cc1)N(CC)CC. The maximum Gasteiger partial charge on any atom is 0.372 e. The zero-order valence-electron chi connectivity index (χ0n) is 15.2. The van der Waals surface area contributed by atoms with Gasteiger partial charge >= 0.3 is 6.72 Å². The molecule has 1 atom stereocenters. The monoisotopic (exact) mass is 372 g/mol. The molecule has 0 aromatic heterocycles. The van der Waals surface area contributed by atoms with Gasteiger partial charge in [0.25, 0.3) is 0 Å². The number of rotatable bonds is 8. The summed E-state index contributed by atoms with van der Waals surface area (Å²) < 4.78 is 16.4. The summed E-state index contributed by atoms with van der Waals surface area (Å²) in [5.41, 5.74) is 1.93. The minimum Gasteiger partial charge on any atom is -0.378 e. The molecular weight excluding hydrogens is 343 g/mol. The molecule has 0 aliphatic heterocycles. The Balaban J connectivity index is 3.03. The quantitative estimate of drug-likeness (QED) is 0.407. The maximum absolute atomic E-state index is 12.3. The minimum absolute atomic E-state index is 0.437. The average Bonchev–Trinajstić information content (AvgIpc) is 2.54. The summed E-state index contributed by atoms with van der Waals surface area (Å²) in [6.07, 6.45) is 0.838. The Hall–Kier alpha value is -1.17. The molecule has 2 N–H and O–H groups in total. The van der Waals surface area contributed by atoms with Gasteiger partial charge in [0, 0.05) is 44.3 Å². The second-order valence-electron chi connectivity index (χ2n) is 5.49. The van der Waals surface area contributed by atoms with Crippen molar-refractivity contribution < 1.29 is 9.46 Å². The molecule has 0 amide bonds. The molecule has 1 aromatic rings. The molecule has 1 rings (SSSR count). The van der Waals surface area contributed by atoms with Crippen molar-refractivity contribution in [2.75, 3.05) is 43.2 Å². The van der Waals surface area contributed by atoms with Crippen LogP contribution in [0.5, 0.6) is 0 Å². The molecule has 0 saturated carbocycles. The first-order valence-corrected chi connectivity index (χ1v) is 11.4. The van der Waals surface area contributed by atoms with Crippen molar-refractivity contribution in [3.05, 3.63) is 24.3 Å². The van der Waals surface area contributed by atoms with Gasteiger partial charge in [0.05, 0.1) is 0 Å². The van der Waals surface area contributed by atoms with Gasteiger partial charge in [-0.25, -0.2) is 0 Å². The van der Waals surface area contributed by atoms with Gasteiger partial charge in [-0.15, -0.1) is 0 Å². The lowest BCUT2D eigenvalue weighted by molar-refractivity contribution is 0.461. The van der Waals surface area contributed by atoms with E-state index in [1.54, 1.807) is 0 Å². The van der Waals surface area contributed by atoms with E-state index in [9.17, 15) is 9.46 Å². The number of hydrogen-bond donors (Lipinski definition) is 2. The van der Waals surface area contributed by atoms with E-state index in [2.05, 4.69) is 10.1 Å². The Bertz CT molecular complexity index is 574. The predicted octanol–water partition coefficient (Wildman–Crippen LogP) is 4.11. The summed E-state index contributed by atoms with van der Waals surface area (Å²) in [5, 5.41) is 3.19. The van der Waals surface area contributed by atoms with Crippen molar-refractivity contribution in [3.63, 3.8) is 0 Å². The maximum atomic E-state index is 12.3. The number of benzene rings is 1. The normalized spacial score (nSPS) is 14.2. The van der Waals surface area contributed by atoms with Gasteiger partial charge in [0.2, 0.25) is 5.96 Å². The van der Waals surface area contributed by atoms with Gasteiger partial charge in [-0.1, -0.05) is 6.92 Å². The molecule has 0 heterocycles. The Morgan fingerprint density at radius 3 is 2.25 bits per heavy atom. The van der Waals surface area contributed by atoms with Gasteiger partial charge < -0.3 is 20.0 Å². The summed E-state index contributed by atoms with van der Waals surface area (Å²) in [7, 11) is 3.97. The Morgan fingerprint density at radius 1 is 1.21 bits per heavy atom. The first-order chi connectivity index (χ1) is 11.3. The standard InChI is InChI=1S/C16H29N4O2PS/c1-6-13-24-23(21,22)18-16(20(7-2)8-3)17-14-9-11-15(12-10-14)19(4)5/h9-12H,6-8,13H2,1-5H3,(H2,17,18,21,22). The van der Waals surface area contributed by atoms with Crippen LogP contribution in [0.3, 0.4) is 0 Å². The molecule has 0 radical (unpaired) electrons. The molecule has 0 aliphatic carbocycles. The van der Waals surface area contributed by atoms with E-state index in [0.29, 0.717) is 24.8 Å². The fourth-order valence-electron chi connectivity index (χ4n) is 2.02. The first-order valence-electron chi connectivity index (χ1n) is 8.19. The summed E-state index contributed by atoms with van der Waals surface area (Å²) in [6, 6.07) is 7.87. The minimum atomic E-state index is -3.62. The van der Waals surface area contributed by atoms with Gasteiger partial charge in [-0.2, -0.15) is 4.76 Å². The molecule has 0 saturated heterocycles. The van der Waals surface area contributed by atoms with Crippen molar-refractivity contribution in [2.45, 2.75) is 27.2 Å². The number of nitrogens with one attached hydrogen (secondary N) is 1. The highest BCUT2D eigenvalue weighted by Gasteiger charge is 2.21. The highest BCUT2D eigenvalue weighted by molar-refractivity contribution is 8.55. The largest absolute Gasteiger partial charge is 0.378 e. The smallest absolute Gasteiger partial charge is 0.372 e. The molecular formula is C16H29N4O2PS. The third-order valence-electron chi connectivity index (χ3n) is 3.39. The molecule has 8 heteroatoms. The van der Waals surface area contributed by atoms with Gasteiger partial charge in [-0.05, 0) is 55.9 Å². The highest BCUT2D eigenvalue weighted by atomic mass is 32.7. The first kappa shape index (κ1) is 20.9. The molecule has 136 valence electrons. The molecule has 0 bridgehead atoms. The lowest BCUT2D eigenvalue weighted by Gasteiger charge is -2.24. The topological polar surface area (TPSA) is 68.2 Å². The van der Waals surface area contributed by atoms with Crippen molar-refractivity contribution >= 4 is 35.4 Å². The number of guanidine groups is 1. The van der Waals surface area contributed by atoms with Gasteiger partial charge in [-0.3, -0.25) is 4.57 Å². The number of hydrogen-bond acceptors (Lipinski definition) is 3. The Morgan fingerprint density at radius 2 is 1.79 bits per heavy atom. The van der Waals surface area contributed by atoms with E-state index in [-0.39, 0.29) is 0 Å². The lowest BCUT2D eigenvalue weighted by Crippen LogP contribution is -2.36. The van der Waals surface area contributed by atoms with E-state index >= 15 is 0 Å². The predicted molar refractivity (Wildman–Crippen MR) is 107 cm³/mol. The second kappa shape index (κ2) is 9.97. The van der Waals surface area contributed by atoms with Crippen LogP contribution in [0.25, 0.3) is 0 Å². The summed E-state index contributed by atoms with van der Waals surface area (Å²) in [5.74, 6) is 1.05. The van der Waals surface area contributed by atoms with Crippen LogP contribution in [0.4, 0.5) is 11.4 Å². The van der Waals surface area contributed by atoms with Crippen LogP contribution in [0, 0.1) is 0 Å². The van der Waals surface area contributed by atoms with Crippen molar-refractivity contribution in [1.82, 2.24) is 4.90 Å². The number of anilines is 2. The molecule has 1 aromatic carbocycles. The van der Waals surface area contributed by atoms with E-state index in [0.717, 1.165) is 29.2 Å². The van der Waals surface area contributed by atoms with E-state index in [1.807, 2.05) is 68.9 Å². The Kier molecular flexibility index (Phi) is 8.67. The summed E-state index contributed by atoms with van der Waals surface area (Å²) in [6.45, 7) is 3.77. The van der Waals surface area contributed by atoms with Crippen LogP contribution in [0.1, 0.15) is 27.2 Å². The Labute approximate surface area is 149 Å².